The highest BCUT2D eigenvalue weighted by atomic mass is 16.5. The van der Waals surface area contributed by atoms with E-state index in [-0.39, 0.29) is 11.8 Å². The van der Waals surface area contributed by atoms with E-state index in [0.717, 1.165) is 28.6 Å². The van der Waals surface area contributed by atoms with Crippen molar-refractivity contribution in [1.29, 1.82) is 0 Å². The van der Waals surface area contributed by atoms with Crippen LogP contribution in [0.4, 0.5) is 0 Å². The average molecular weight is 350 g/mol. The lowest BCUT2D eigenvalue weighted by Gasteiger charge is -2.23. The van der Waals surface area contributed by atoms with Crippen LogP contribution in [0.25, 0.3) is 10.9 Å². The Morgan fingerprint density at radius 1 is 1.31 bits per heavy atom. The van der Waals surface area contributed by atoms with E-state index in [1.807, 2.05) is 53.0 Å². The summed E-state index contributed by atoms with van der Waals surface area (Å²) in [6.07, 6.45) is 6.02. The van der Waals surface area contributed by atoms with Crippen molar-refractivity contribution in [2.45, 2.75) is 6.42 Å². The molecule has 1 atom stereocenters. The molecular formula is C20H22N4O2. The normalized spacial score (nSPS) is 18.0. The van der Waals surface area contributed by atoms with Crippen LogP contribution in [0.3, 0.4) is 0 Å². The topological polar surface area (TPSA) is 60.2 Å². The van der Waals surface area contributed by atoms with E-state index in [0.29, 0.717) is 26.3 Å². The first-order valence-electron chi connectivity index (χ1n) is 8.88. The molecule has 1 fully saturated rings. The molecule has 0 spiro atoms. The third kappa shape index (κ3) is 3.32. The molecule has 0 saturated carbocycles. The lowest BCUT2D eigenvalue weighted by atomic mass is 10.0. The molecule has 0 N–H and O–H groups in total. The van der Waals surface area contributed by atoms with Crippen LogP contribution >= 0.6 is 0 Å². The van der Waals surface area contributed by atoms with Gasteiger partial charge in [-0.1, -0.05) is 18.2 Å². The molecule has 0 radical (unpaired) electrons. The van der Waals surface area contributed by atoms with Crippen molar-refractivity contribution in [3.63, 3.8) is 0 Å². The van der Waals surface area contributed by atoms with E-state index in [9.17, 15) is 4.79 Å². The number of para-hydroxylation sites is 1. The predicted molar refractivity (Wildman–Crippen MR) is 98.9 cm³/mol. The number of rotatable bonds is 3. The van der Waals surface area contributed by atoms with Crippen molar-refractivity contribution in [3.05, 3.63) is 60.3 Å². The Labute approximate surface area is 152 Å². The number of hydrogen-bond donors (Lipinski definition) is 0. The molecule has 3 aromatic rings. The number of aromatic nitrogens is 3. The van der Waals surface area contributed by atoms with Crippen LogP contribution in [0, 0.1) is 5.92 Å². The van der Waals surface area contributed by atoms with Gasteiger partial charge in [0.05, 0.1) is 18.8 Å². The quantitative estimate of drug-likeness (QED) is 0.727. The zero-order valence-corrected chi connectivity index (χ0v) is 14.8. The van der Waals surface area contributed by atoms with Crippen LogP contribution in [0.5, 0.6) is 0 Å². The van der Waals surface area contributed by atoms with Gasteiger partial charge in [0.15, 0.2) is 0 Å². The van der Waals surface area contributed by atoms with Gasteiger partial charge in [-0.25, -0.2) is 9.97 Å². The van der Waals surface area contributed by atoms with Crippen molar-refractivity contribution < 1.29 is 9.53 Å². The molecule has 0 aliphatic carbocycles. The molecule has 0 bridgehead atoms. The zero-order valence-electron chi connectivity index (χ0n) is 14.8. The second-order valence-corrected chi connectivity index (χ2v) is 6.77. The maximum atomic E-state index is 13.2. The summed E-state index contributed by atoms with van der Waals surface area (Å²) in [5.74, 6) is 0.298. The molecule has 2 aromatic heterocycles. The Bertz CT molecular complexity index is 907. The minimum Gasteiger partial charge on any atom is -0.379 e. The van der Waals surface area contributed by atoms with Crippen LogP contribution < -0.4 is 0 Å². The summed E-state index contributed by atoms with van der Waals surface area (Å²) in [4.78, 5) is 23.4. The van der Waals surface area contributed by atoms with Gasteiger partial charge in [-0.15, -0.1) is 0 Å². The first-order chi connectivity index (χ1) is 12.7. The predicted octanol–water partition coefficient (Wildman–Crippen LogP) is 2.30. The highest BCUT2D eigenvalue weighted by Gasteiger charge is 2.25. The molecule has 1 aliphatic rings. The van der Waals surface area contributed by atoms with E-state index in [2.05, 4.69) is 9.97 Å². The maximum absolute atomic E-state index is 13.2. The van der Waals surface area contributed by atoms with Crippen LogP contribution in [0.2, 0.25) is 0 Å². The van der Waals surface area contributed by atoms with Gasteiger partial charge in [0.2, 0.25) is 0 Å². The second-order valence-electron chi connectivity index (χ2n) is 6.77. The summed E-state index contributed by atoms with van der Waals surface area (Å²) in [5.41, 5.74) is 2.80. The smallest absolute Gasteiger partial charge is 0.256 e. The Morgan fingerprint density at radius 3 is 3.04 bits per heavy atom. The Hall–Kier alpha value is -2.73. The third-order valence-electron chi connectivity index (χ3n) is 4.89. The number of amides is 1. The SMILES string of the molecule is Cn1cc(C(=O)N2CCOCC(Cc3ccncn3)C2)c2ccccc21. The van der Waals surface area contributed by atoms with Gasteiger partial charge in [-0.05, 0) is 18.6 Å². The number of carbonyl (C=O) groups excluding carboxylic acids is 1. The van der Waals surface area contributed by atoms with Gasteiger partial charge in [-0.3, -0.25) is 4.79 Å². The molecule has 6 nitrogen and oxygen atoms in total. The van der Waals surface area contributed by atoms with Gasteiger partial charge in [0, 0.05) is 55.0 Å². The van der Waals surface area contributed by atoms with Crippen molar-refractivity contribution >= 4 is 16.8 Å². The number of benzene rings is 1. The number of fused-ring (bicyclic) bond motifs is 1. The first-order valence-corrected chi connectivity index (χ1v) is 8.88. The number of carbonyl (C=O) groups is 1. The largest absolute Gasteiger partial charge is 0.379 e. The van der Waals surface area contributed by atoms with Crippen LogP contribution in [0.15, 0.2) is 49.1 Å². The second kappa shape index (κ2) is 7.25. The van der Waals surface area contributed by atoms with E-state index in [1.54, 1.807) is 12.5 Å². The van der Waals surface area contributed by atoms with E-state index < -0.39 is 0 Å². The molecule has 1 aliphatic heterocycles. The summed E-state index contributed by atoms with van der Waals surface area (Å²) in [5, 5.41) is 0.998. The molecule has 26 heavy (non-hydrogen) atoms. The average Bonchev–Trinajstić information content (AvgIpc) is 2.85. The van der Waals surface area contributed by atoms with E-state index >= 15 is 0 Å². The van der Waals surface area contributed by atoms with Crippen LogP contribution in [-0.4, -0.2) is 51.6 Å². The Morgan fingerprint density at radius 2 is 2.19 bits per heavy atom. The minimum absolute atomic E-state index is 0.0694. The van der Waals surface area contributed by atoms with Crippen LogP contribution in [0.1, 0.15) is 16.1 Å². The molecule has 4 rings (SSSR count). The van der Waals surface area contributed by atoms with Crippen LogP contribution in [-0.2, 0) is 18.2 Å². The highest BCUT2D eigenvalue weighted by molar-refractivity contribution is 6.07. The summed E-state index contributed by atoms with van der Waals surface area (Å²) in [6, 6.07) is 9.93. The number of hydrogen-bond acceptors (Lipinski definition) is 4. The zero-order chi connectivity index (χ0) is 17.9. The van der Waals surface area contributed by atoms with Gasteiger partial charge >= 0.3 is 0 Å². The lowest BCUT2D eigenvalue weighted by Crippen LogP contribution is -2.36. The Balaban J connectivity index is 1.56. The molecule has 1 unspecified atom stereocenters. The molecule has 1 amide bonds. The fourth-order valence-electron chi connectivity index (χ4n) is 3.61. The highest BCUT2D eigenvalue weighted by Crippen LogP contribution is 2.23. The summed E-state index contributed by atoms with van der Waals surface area (Å²) >= 11 is 0. The first kappa shape index (κ1) is 16.7. The summed E-state index contributed by atoms with van der Waals surface area (Å²) in [7, 11) is 1.97. The van der Waals surface area contributed by atoms with Gasteiger partial charge in [0.25, 0.3) is 5.91 Å². The number of nitrogens with zero attached hydrogens (tertiary/aromatic N) is 4. The number of aryl methyl sites for hydroxylation is 1. The fraction of sp³-hybridized carbons (Fsp3) is 0.350. The van der Waals surface area contributed by atoms with Gasteiger partial charge in [0.1, 0.15) is 6.33 Å². The third-order valence-corrected chi connectivity index (χ3v) is 4.89. The molecule has 1 saturated heterocycles. The lowest BCUT2D eigenvalue weighted by molar-refractivity contribution is 0.0739. The van der Waals surface area contributed by atoms with Gasteiger partial charge < -0.3 is 14.2 Å². The van der Waals surface area contributed by atoms with E-state index in [1.165, 1.54) is 0 Å². The fourth-order valence-corrected chi connectivity index (χ4v) is 3.61. The number of ether oxygens (including phenoxy) is 1. The standard InChI is InChI=1S/C20H22N4O2/c1-23-12-18(17-4-2-3-5-19(17)23)20(25)24-8-9-26-13-15(11-24)10-16-6-7-21-14-22-16/h2-7,12,14-15H,8-11,13H2,1H3. The van der Waals surface area contributed by atoms with Crippen molar-refractivity contribution in [2.75, 3.05) is 26.3 Å². The molecular weight excluding hydrogens is 328 g/mol. The van der Waals surface area contributed by atoms with Crippen molar-refractivity contribution in [1.82, 2.24) is 19.4 Å². The van der Waals surface area contributed by atoms with E-state index in [4.69, 9.17) is 4.74 Å². The maximum Gasteiger partial charge on any atom is 0.256 e. The molecule has 1 aromatic carbocycles. The molecule has 3 heterocycles. The Kier molecular flexibility index (Phi) is 4.67. The monoisotopic (exact) mass is 350 g/mol. The van der Waals surface area contributed by atoms with Crippen molar-refractivity contribution in [2.24, 2.45) is 13.0 Å². The summed E-state index contributed by atoms with van der Waals surface area (Å²) in [6.45, 7) is 2.49. The molecule has 6 heteroatoms. The summed E-state index contributed by atoms with van der Waals surface area (Å²) < 4.78 is 7.75. The molecule has 134 valence electrons. The minimum atomic E-state index is 0.0694. The van der Waals surface area contributed by atoms with Gasteiger partial charge in [-0.2, -0.15) is 0 Å². The van der Waals surface area contributed by atoms with Crippen molar-refractivity contribution in [3.8, 4) is 0 Å².